The van der Waals surface area contributed by atoms with Crippen LogP contribution in [0.1, 0.15) is 29.8 Å². The molecule has 1 rings (SSSR count). The van der Waals surface area contributed by atoms with Crippen LogP contribution in [0, 0.1) is 17.2 Å². The lowest BCUT2D eigenvalue weighted by Gasteiger charge is -2.08. The summed E-state index contributed by atoms with van der Waals surface area (Å²) in [6.45, 7) is 3.07. The van der Waals surface area contributed by atoms with E-state index < -0.39 is 23.7 Å². The molecule has 1 unspecified atom stereocenters. The first-order valence-electron chi connectivity index (χ1n) is 5.19. The molecule has 17 heavy (non-hydrogen) atoms. The minimum absolute atomic E-state index is 0.0468. The van der Waals surface area contributed by atoms with Crippen LogP contribution >= 0.6 is 0 Å². The average molecular weight is 233 g/mol. The van der Waals surface area contributed by atoms with Crippen molar-refractivity contribution in [1.29, 1.82) is 5.26 Å². The van der Waals surface area contributed by atoms with Gasteiger partial charge >= 0.3 is 0 Å². The third-order valence-corrected chi connectivity index (χ3v) is 2.33. The zero-order valence-electron chi connectivity index (χ0n) is 9.61. The van der Waals surface area contributed by atoms with Gasteiger partial charge in [-0.05, 0) is 12.1 Å². The molecule has 0 spiro atoms. The largest absolute Gasteiger partial charge is 0.296 e. The molecule has 0 aliphatic carbocycles. The van der Waals surface area contributed by atoms with E-state index in [-0.39, 0.29) is 11.1 Å². The summed E-state index contributed by atoms with van der Waals surface area (Å²) in [5.74, 6) is -2.16. The summed E-state index contributed by atoms with van der Waals surface area (Å²) in [6.07, 6.45) is -2.15. The Labute approximate surface area is 98.9 Å². The summed E-state index contributed by atoms with van der Waals surface area (Å²) in [5, 5.41) is 8.66. The first-order valence-corrected chi connectivity index (χ1v) is 5.19. The van der Waals surface area contributed by atoms with Crippen molar-refractivity contribution in [2.24, 2.45) is 5.92 Å². The molecular formula is C13H12FNO2. The monoisotopic (exact) mass is 233 g/mol. The van der Waals surface area contributed by atoms with Crippen LogP contribution in [0.15, 0.2) is 24.3 Å². The van der Waals surface area contributed by atoms with Crippen molar-refractivity contribution in [2.75, 3.05) is 0 Å². The van der Waals surface area contributed by atoms with Crippen LogP contribution in [0.25, 0.3) is 0 Å². The molecule has 1 aromatic rings. The third kappa shape index (κ3) is 2.97. The predicted molar refractivity (Wildman–Crippen MR) is 60.2 cm³/mol. The molecule has 0 bridgehead atoms. The van der Waals surface area contributed by atoms with Gasteiger partial charge in [0.05, 0.1) is 11.6 Å². The molecule has 0 saturated heterocycles. The smallest absolute Gasteiger partial charge is 0.221 e. The van der Waals surface area contributed by atoms with Crippen LogP contribution in [-0.2, 0) is 4.79 Å². The normalized spacial score (nSPS) is 11.9. The Morgan fingerprint density at radius 3 is 2.53 bits per heavy atom. The Kier molecular flexibility index (Phi) is 4.11. The summed E-state index contributed by atoms with van der Waals surface area (Å²) < 4.78 is 13.6. The summed E-state index contributed by atoms with van der Waals surface area (Å²) in [4.78, 5) is 23.0. The molecule has 0 aliphatic rings. The molecule has 1 atom stereocenters. The Morgan fingerprint density at radius 2 is 2.00 bits per heavy atom. The van der Waals surface area contributed by atoms with E-state index in [1.807, 2.05) is 6.07 Å². The number of ketones is 2. The van der Waals surface area contributed by atoms with Crippen molar-refractivity contribution in [3.8, 4) is 6.07 Å². The molecule has 3 nitrogen and oxygen atoms in total. The van der Waals surface area contributed by atoms with Gasteiger partial charge in [0, 0.05) is 11.5 Å². The zero-order chi connectivity index (χ0) is 13.0. The molecule has 88 valence electrons. The predicted octanol–water partition coefficient (Wildman–Crippen LogP) is 2.30. The van der Waals surface area contributed by atoms with Gasteiger partial charge in [-0.1, -0.05) is 26.0 Å². The van der Waals surface area contributed by atoms with Crippen LogP contribution in [0.5, 0.6) is 0 Å². The van der Waals surface area contributed by atoms with Crippen LogP contribution in [0.4, 0.5) is 4.39 Å². The maximum absolute atomic E-state index is 13.6. The first-order chi connectivity index (χ1) is 7.97. The summed E-state index contributed by atoms with van der Waals surface area (Å²) in [6, 6.07) is 7.52. The fourth-order valence-corrected chi connectivity index (χ4v) is 1.31. The molecule has 0 N–H and O–H groups in total. The van der Waals surface area contributed by atoms with E-state index in [1.54, 1.807) is 0 Å². The fraction of sp³-hybridized carbons (Fsp3) is 0.308. The van der Waals surface area contributed by atoms with Crippen molar-refractivity contribution >= 4 is 11.6 Å². The van der Waals surface area contributed by atoms with E-state index in [4.69, 9.17) is 5.26 Å². The van der Waals surface area contributed by atoms with Crippen LogP contribution < -0.4 is 0 Å². The Hall–Kier alpha value is -2.02. The van der Waals surface area contributed by atoms with E-state index in [9.17, 15) is 14.0 Å². The molecule has 4 heteroatoms. The number of halogens is 1. The van der Waals surface area contributed by atoms with Gasteiger partial charge in [0.15, 0.2) is 5.78 Å². The zero-order valence-corrected chi connectivity index (χ0v) is 9.61. The van der Waals surface area contributed by atoms with Gasteiger partial charge < -0.3 is 0 Å². The number of alkyl halides is 1. The van der Waals surface area contributed by atoms with Crippen LogP contribution in [-0.4, -0.2) is 17.7 Å². The second-order valence-electron chi connectivity index (χ2n) is 3.98. The van der Waals surface area contributed by atoms with Gasteiger partial charge in [-0.25, -0.2) is 4.39 Å². The highest BCUT2D eigenvalue weighted by Crippen LogP contribution is 2.12. The average Bonchev–Trinajstić information content (AvgIpc) is 2.36. The number of hydrogen-bond acceptors (Lipinski definition) is 3. The number of hydrogen-bond donors (Lipinski definition) is 0. The summed E-state index contributed by atoms with van der Waals surface area (Å²) in [7, 11) is 0. The van der Waals surface area contributed by atoms with Crippen molar-refractivity contribution < 1.29 is 14.0 Å². The molecule has 0 aliphatic heterocycles. The number of nitriles is 1. The number of rotatable bonds is 4. The van der Waals surface area contributed by atoms with Gasteiger partial charge in [0.1, 0.15) is 0 Å². The Bertz CT molecular complexity index is 488. The molecule has 0 fully saturated rings. The molecular weight excluding hydrogens is 221 g/mol. The Morgan fingerprint density at radius 1 is 1.35 bits per heavy atom. The second-order valence-corrected chi connectivity index (χ2v) is 3.98. The minimum Gasteiger partial charge on any atom is -0.296 e. The SMILES string of the molecule is CC(C)C(=O)C(F)C(=O)c1cccc(C#N)c1. The summed E-state index contributed by atoms with van der Waals surface area (Å²) >= 11 is 0. The fourth-order valence-electron chi connectivity index (χ4n) is 1.31. The number of carbonyl (C=O) groups is 2. The standard InChI is InChI=1S/C13H12FNO2/c1-8(2)12(16)11(14)13(17)10-5-3-4-9(6-10)7-15/h3-6,8,11H,1-2H3. The highest BCUT2D eigenvalue weighted by molar-refractivity contribution is 6.13. The molecule has 0 radical (unpaired) electrons. The van der Waals surface area contributed by atoms with Crippen molar-refractivity contribution in [1.82, 2.24) is 0 Å². The van der Waals surface area contributed by atoms with Crippen LogP contribution in [0.2, 0.25) is 0 Å². The lowest BCUT2D eigenvalue weighted by molar-refractivity contribution is -0.125. The molecule has 0 amide bonds. The molecule has 0 saturated carbocycles. The molecule has 1 aromatic carbocycles. The first kappa shape index (κ1) is 13.0. The van der Waals surface area contributed by atoms with E-state index in [0.717, 1.165) is 0 Å². The van der Waals surface area contributed by atoms with Gasteiger partial charge in [0.25, 0.3) is 0 Å². The lowest BCUT2D eigenvalue weighted by Crippen LogP contribution is -2.29. The third-order valence-electron chi connectivity index (χ3n) is 2.33. The van der Waals surface area contributed by atoms with Gasteiger partial charge in [-0.2, -0.15) is 5.26 Å². The number of carbonyl (C=O) groups excluding carboxylic acids is 2. The van der Waals surface area contributed by atoms with E-state index >= 15 is 0 Å². The van der Waals surface area contributed by atoms with Crippen molar-refractivity contribution in [3.63, 3.8) is 0 Å². The number of Topliss-reactive ketones (excluding diaryl/α,β-unsaturated/α-hetero) is 2. The Balaban J connectivity index is 2.97. The number of nitrogens with zero attached hydrogens (tertiary/aromatic N) is 1. The van der Waals surface area contributed by atoms with E-state index in [1.165, 1.54) is 38.1 Å². The van der Waals surface area contributed by atoms with Gasteiger partial charge in [-0.3, -0.25) is 9.59 Å². The topological polar surface area (TPSA) is 57.9 Å². The van der Waals surface area contributed by atoms with E-state index in [2.05, 4.69) is 0 Å². The number of benzene rings is 1. The minimum atomic E-state index is -2.15. The van der Waals surface area contributed by atoms with Crippen LogP contribution in [0.3, 0.4) is 0 Å². The molecule has 0 aromatic heterocycles. The van der Waals surface area contributed by atoms with E-state index in [0.29, 0.717) is 0 Å². The quantitative estimate of drug-likeness (QED) is 0.592. The second kappa shape index (κ2) is 5.35. The van der Waals surface area contributed by atoms with Gasteiger partial charge in [0.2, 0.25) is 12.0 Å². The summed E-state index contributed by atoms with van der Waals surface area (Å²) in [5.41, 5.74) is 0.311. The molecule has 0 heterocycles. The van der Waals surface area contributed by atoms with Crippen molar-refractivity contribution in [2.45, 2.75) is 20.0 Å². The van der Waals surface area contributed by atoms with Crippen molar-refractivity contribution in [3.05, 3.63) is 35.4 Å². The highest BCUT2D eigenvalue weighted by Gasteiger charge is 2.28. The van der Waals surface area contributed by atoms with Gasteiger partial charge in [-0.15, -0.1) is 0 Å². The lowest BCUT2D eigenvalue weighted by atomic mass is 9.97. The highest BCUT2D eigenvalue weighted by atomic mass is 19.1. The maximum Gasteiger partial charge on any atom is 0.221 e. The maximum atomic E-state index is 13.6.